The zero-order valence-electron chi connectivity index (χ0n) is 45.4. The molecule has 20 heteroatoms. The first-order valence-corrected chi connectivity index (χ1v) is 26.2. The maximum atomic E-state index is 14.5. The van der Waals surface area contributed by atoms with Crippen LogP contribution in [0.3, 0.4) is 0 Å². The Labute approximate surface area is 431 Å². The number of hydroxylamine groups is 1. The number of aromatic nitrogens is 3. The number of unbranched alkanes of at least 4 members (excludes halogenated alkanes) is 3. The Kier molecular flexibility index (Phi) is 21.5. The normalized spacial score (nSPS) is 38.2. The van der Waals surface area contributed by atoms with E-state index in [1.54, 1.807) is 58.6 Å². The molecular weight excluding hydrogens is 947 g/mol. The number of Topliss-reactive ketones (excluding diaryl/α,β-unsaturated/α-hetero) is 1. The smallest absolute Gasteiger partial charge is 0.311 e. The molecule has 0 aliphatic carbocycles. The number of nitrogens with one attached hydrogen (secondary N) is 1. The number of aliphatic hydroxyl groups excluding tert-OH is 3. The molecule has 3 aliphatic rings. The van der Waals surface area contributed by atoms with Gasteiger partial charge in [-0.1, -0.05) is 63.9 Å². The standard InChI is InChI=1S/C53H87N5O15/c1-14-40-53(10,65)46(62)32(4)43(60)30(2)26-52(9,68-13)48(33(5)45(34(6)49(64)71-40)72-42-27-51(8,67-12)47(63)35(7)70-42)73-50-44(61)39(24-31(3)69-50)57(11)28-36-20-19-21-37(25-36)38-29-58(56-54-38)23-18-16-15-17-22-41(59)55-66/h19-21,25,29-35,39-40,42,44-48,50,61-63,65-66H,14-18,22-24,26-28H2,1-13H3,(H,55,59)/t30-,31-,32+,33+,34-,35+,39+,40-,42+,44-,45+,46-,47+,48-,50+,51-,52-,53-/m1/s1. The summed E-state index contributed by atoms with van der Waals surface area (Å²) in [6, 6.07) is 7.53. The van der Waals surface area contributed by atoms with Crippen molar-refractivity contribution in [3.63, 3.8) is 0 Å². The van der Waals surface area contributed by atoms with Gasteiger partial charge in [-0.2, -0.15) is 0 Å². The van der Waals surface area contributed by atoms with Gasteiger partial charge in [0.2, 0.25) is 5.91 Å². The molecule has 20 nitrogen and oxygen atoms in total. The number of carbonyl (C=O) groups excluding carboxylic acids is 3. The molecule has 414 valence electrons. The van der Waals surface area contributed by atoms with Crippen molar-refractivity contribution in [2.45, 2.75) is 224 Å². The lowest BCUT2D eigenvalue weighted by Gasteiger charge is -2.50. The quantitative estimate of drug-likeness (QED) is 0.0510. The average Bonchev–Trinajstić information content (AvgIpc) is 3.84. The Morgan fingerprint density at radius 3 is 2.26 bits per heavy atom. The molecule has 6 N–H and O–H groups in total. The molecule has 1 amide bonds. The highest BCUT2D eigenvalue weighted by Gasteiger charge is 2.54. The van der Waals surface area contributed by atoms with Crippen LogP contribution in [0.4, 0.5) is 0 Å². The van der Waals surface area contributed by atoms with Crippen molar-refractivity contribution in [3.05, 3.63) is 36.0 Å². The number of aliphatic hydroxyl groups is 4. The minimum atomic E-state index is -2.01. The molecule has 0 saturated carbocycles. The second kappa shape index (κ2) is 26.0. The van der Waals surface area contributed by atoms with Gasteiger partial charge >= 0.3 is 5.97 Å². The summed E-state index contributed by atoms with van der Waals surface area (Å²) < 4.78 is 46.7. The number of ether oxygens (including phenoxy) is 7. The average molecular weight is 1030 g/mol. The molecule has 18 atom stereocenters. The van der Waals surface area contributed by atoms with Crippen LogP contribution in [0.5, 0.6) is 0 Å². The molecule has 73 heavy (non-hydrogen) atoms. The fraction of sp³-hybridized carbons (Fsp3) is 0.792. The molecule has 1 aromatic heterocycles. The van der Waals surface area contributed by atoms with E-state index in [9.17, 15) is 34.8 Å². The van der Waals surface area contributed by atoms with E-state index in [-0.39, 0.29) is 43.5 Å². The summed E-state index contributed by atoms with van der Waals surface area (Å²) in [4.78, 5) is 42.1. The van der Waals surface area contributed by atoms with Gasteiger partial charge in [0.1, 0.15) is 35.4 Å². The Morgan fingerprint density at radius 2 is 1.60 bits per heavy atom. The van der Waals surface area contributed by atoms with Crippen molar-refractivity contribution in [1.29, 1.82) is 0 Å². The molecule has 0 unspecified atom stereocenters. The maximum Gasteiger partial charge on any atom is 0.311 e. The number of benzene rings is 1. The van der Waals surface area contributed by atoms with Gasteiger partial charge in [-0.3, -0.25) is 29.2 Å². The van der Waals surface area contributed by atoms with E-state index in [0.717, 1.165) is 30.4 Å². The van der Waals surface area contributed by atoms with Gasteiger partial charge in [0.15, 0.2) is 12.6 Å². The summed E-state index contributed by atoms with van der Waals surface area (Å²) in [6.45, 7) is 18.1. The van der Waals surface area contributed by atoms with Gasteiger partial charge in [0.25, 0.3) is 0 Å². The predicted octanol–water partition coefficient (Wildman–Crippen LogP) is 4.72. The second-order valence-corrected chi connectivity index (χ2v) is 21.8. The highest BCUT2D eigenvalue weighted by atomic mass is 16.7. The lowest BCUT2D eigenvalue weighted by molar-refractivity contribution is -0.319. The van der Waals surface area contributed by atoms with E-state index in [0.29, 0.717) is 31.6 Å². The minimum Gasteiger partial charge on any atom is -0.459 e. The number of likely N-dealkylation sites (N-methyl/N-ethyl adjacent to an activating group) is 1. The molecule has 0 spiro atoms. The van der Waals surface area contributed by atoms with Gasteiger partial charge in [-0.15, -0.1) is 5.10 Å². The zero-order valence-corrected chi connectivity index (χ0v) is 45.4. The highest BCUT2D eigenvalue weighted by molar-refractivity contribution is 5.83. The van der Waals surface area contributed by atoms with E-state index in [1.807, 2.05) is 51.4 Å². The summed E-state index contributed by atoms with van der Waals surface area (Å²) in [5, 5.41) is 64.4. The molecule has 0 bridgehead atoms. The van der Waals surface area contributed by atoms with Crippen molar-refractivity contribution in [2.75, 3.05) is 21.3 Å². The summed E-state index contributed by atoms with van der Waals surface area (Å²) in [5.41, 5.74) is -0.191. The molecule has 3 aliphatic heterocycles. The van der Waals surface area contributed by atoms with Crippen LogP contribution in [0.2, 0.25) is 0 Å². The van der Waals surface area contributed by atoms with Gasteiger partial charge in [0.05, 0.1) is 53.8 Å². The van der Waals surface area contributed by atoms with Crippen molar-refractivity contribution in [2.24, 2.45) is 23.7 Å². The third-order valence-corrected chi connectivity index (χ3v) is 16.0. The van der Waals surface area contributed by atoms with E-state index in [2.05, 4.69) is 15.2 Å². The Morgan fingerprint density at radius 1 is 0.918 bits per heavy atom. The first kappa shape index (κ1) is 60.4. The molecule has 3 fully saturated rings. The summed E-state index contributed by atoms with van der Waals surface area (Å²) in [5.74, 6) is -5.16. The highest BCUT2D eigenvalue weighted by Crippen LogP contribution is 2.42. The lowest BCUT2D eigenvalue weighted by atomic mass is 9.74. The second-order valence-electron chi connectivity index (χ2n) is 21.8. The van der Waals surface area contributed by atoms with Gasteiger partial charge < -0.3 is 53.6 Å². The van der Waals surface area contributed by atoms with Crippen molar-refractivity contribution in [3.8, 4) is 11.3 Å². The summed E-state index contributed by atoms with van der Waals surface area (Å²) in [6.07, 6.45) is -4.23. The molecule has 3 saturated heterocycles. The van der Waals surface area contributed by atoms with Gasteiger partial charge in [-0.05, 0) is 92.3 Å². The van der Waals surface area contributed by atoms with Crippen LogP contribution in [0.25, 0.3) is 11.3 Å². The van der Waals surface area contributed by atoms with Crippen LogP contribution in [0.15, 0.2) is 30.5 Å². The minimum absolute atomic E-state index is 0.0589. The summed E-state index contributed by atoms with van der Waals surface area (Å²) in [7, 11) is 4.93. The van der Waals surface area contributed by atoms with Gasteiger partial charge in [0, 0.05) is 69.5 Å². The number of esters is 1. The van der Waals surface area contributed by atoms with Crippen molar-refractivity contribution >= 4 is 17.7 Å². The first-order chi connectivity index (χ1) is 34.3. The maximum absolute atomic E-state index is 14.5. The molecule has 1 aromatic carbocycles. The zero-order chi connectivity index (χ0) is 54.2. The number of hydrogen-bond donors (Lipinski definition) is 6. The number of hydrogen-bond acceptors (Lipinski definition) is 18. The predicted molar refractivity (Wildman–Crippen MR) is 267 cm³/mol. The van der Waals surface area contributed by atoms with Gasteiger partial charge in [-0.25, -0.2) is 5.48 Å². The third-order valence-electron chi connectivity index (χ3n) is 16.0. The largest absolute Gasteiger partial charge is 0.459 e. The number of cyclic esters (lactones) is 1. The van der Waals surface area contributed by atoms with Crippen LogP contribution >= 0.6 is 0 Å². The van der Waals surface area contributed by atoms with E-state index >= 15 is 0 Å². The summed E-state index contributed by atoms with van der Waals surface area (Å²) >= 11 is 0. The molecular formula is C53H87N5O15. The number of methoxy groups -OCH3 is 2. The van der Waals surface area contributed by atoms with Crippen LogP contribution in [0, 0.1) is 23.7 Å². The Bertz CT molecular complexity index is 2090. The monoisotopic (exact) mass is 1030 g/mol. The molecule has 0 radical (unpaired) electrons. The van der Waals surface area contributed by atoms with Crippen LogP contribution in [-0.2, 0) is 60.6 Å². The van der Waals surface area contributed by atoms with E-state index in [1.165, 1.54) is 21.1 Å². The Balaban J connectivity index is 1.44. The number of rotatable bonds is 18. The molecule has 5 rings (SSSR count). The fourth-order valence-electron chi connectivity index (χ4n) is 11.3. The number of ketones is 1. The fourth-order valence-corrected chi connectivity index (χ4v) is 11.3. The van der Waals surface area contributed by atoms with Crippen LogP contribution in [0.1, 0.15) is 133 Å². The topological polar surface area (TPSA) is 263 Å². The Hall–Kier alpha value is -3.51. The molecule has 4 heterocycles. The lowest BCUT2D eigenvalue weighted by Crippen LogP contribution is -2.61. The van der Waals surface area contributed by atoms with E-state index < -0.39 is 108 Å². The number of amides is 1. The van der Waals surface area contributed by atoms with E-state index in [4.69, 9.17) is 38.4 Å². The van der Waals surface area contributed by atoms with Crippen molar-refractivity contribution < 1.29 is 73.2 Å². The van der Waals surface area contributed by atoms with Crippen molar-refractivity contribution in [1.82, 2.24) is 25.4 Å². The third kappa shape index (κ3) is 14.5. The number of nitrogens with zero attached hydrogens (tertiary/aromatic N) is 4. The number of aryl methyl sites for hydroxylation is 1. The van der Waals surface area contributed by atoms with Crippen LogP contribution in [-0.4, -0.2) is 169 Å². The van der Waals surface area contributed by atoms with Crippen LogP contribution < -0.4 is 5.48 Å². The SMILES string of the molecule is CC[C@H]1OC(=O)[C@H](C)[C@@H](O[C@H]2C[C@@](C)(OC)[C@@H](O)[C@H](C)O2)[C@H](C)[C@@H](O[C@@H]2O[C@H](C)C[C@H](N(C)Cc3cccc(-c4cn(CCCCCCC(=O)NO)nn4)c3)[C@H]2O)[C@](C)(OC)C[C@@H](C)C(=O)[C@H](C)[C@@H](O)[C@]1(C)O. The molecule has 2 aromatic rings. The first-order valence-electron chi connectivity index (χ1n) is 26.2. The number of carbonyl (C=O) groups is 3.